The smallest absolute Gasteiger partial charge is 0.420 e. The molecule has 1 aromatic rings. The number of rotatable bonds is 4. The van der Waals surface area contributed by atoms with Crippen molar-refractivity contribution in [2.75, 3.05) is 20.3 Å². The van der Waals surface area contributed by atoms with Crippen molar-refractivity contribution in [3.63, 3.8) is 0 Å². The van der Waals surface area contributed by atoms with Gasteiger partial charge in [-0.2, -0.15) is 18.2 Å². The van der Waals surface area contributed by atoms with E-state index in [1.807, 2.05) is 5.32 Å². The van der Waals surface area contributed by atoms with Crippen molar-refractivity contribution in [1.29, 1.82) is 0 Å². The van der Waals surface area contributed by atoms with E-state index in [4.69, 9.17) is 9.47 Å². The van der Waals surface area contributed by atoms with Crippen molar-refractivity contribution in [3.05, 3.63) is 41.2 Å². The molecule has 0 aliphatic carbocycles. The number of fused-ring (bicyclic) bond motifs is 3. The molecule has 4 rings (SSSR count). The van der Waals surface area contributed by atoms with E-state index in [1.165, 1.54) is 38.3 Å². The first-order chi connectivity index (χ1) is 15.2. The van der Waals surface area contributed by atoms with Gasteiger partial charge in [0.15, 0.2) is 11.4 Å². The van der Waals surface area contributed by atoms with Gasteiger partial charge >= 0.3 is 18.2 Å². The van der Waals surface area contributed by atoms with Crippen LogP contribution in [0.1, 0.15) is 38.2 Å². The SMILES string of the molecule is CCOC(=O)C1=C2N3CCCCCC3=NN2C(=O)N[C@@]1(c1ccc(OC)cc1)C(F)(F)F. The number of methoxy groups -OCH3 is 1. The summed E-state index contributed by atoms with van der Waals surface area (Å²) in [6.45, 7) is 1.72. The Hall–Kier alpha value is -3.24. The number of alkyl halides is 3. The number of urea groups is 1. The van der Waals surface area contributed by atoms with Crippen LogP contribution in [0, 0.1) is 0 Å². The molecule has 172 valence electrons. The zero-order valence-electron chi connectivity index (χ0n) is 17.7. The molecule has 0 spiro atoms. The van der Waals surface area contributed by atoms with E-state index in [0.29, 0.717) is 31.0 Å². The third-order valence-electron chi connectivity index (χ3n) is 5.78. The number of esters is 1. The van der Waals surface area contributed by atoms with Gasteiger partial charge in [0.1, 0.15) is 17.2 Å². The van der Waals surface area contributed by atoms with E-state index in [0.717, 1.165) is 17.9 Å². The molecule has 3 heterocycles. The molecule has 3 aliphatic rings. The van der Waals surface area contributed by atoms with E-state index < -0.39 is 29.3 Å². The third-order valence-corrected chi connectivity index (χ3v) is 5.78. The van der Waals surface area contributed by atoms with Crippen LogP contribution in [0.4, 0.5) is 18.0 Å². The van der Waals surface area contributed by atoms with Crippen molar-refractivity contribution in [3.8, 4) is 5.75 Å². The fourth-order valence-corrected chi connectivity index (χ4v) is 4.31. The Morgan fingerprint density at radius 1 is 1.22 bits per heavy atom. The summed E-state index contributed by atoms with van der Waals surface area (Å²) in [6, 6.07) is 3.98. The van der Waals surface area contributed by atoms with Crippen LogP contribution in [0.25, 0.3) is 0 Å². The first-order valence-corrected chi connectivity index (χ1v) is 10.3. The number of amides is 2. The Morgan fingerprint density at radius 2 is 1.94 bits per heavy atom. The fourth-order valence-electron chi connectivity index (χ4n) is 4.31. The molecule has 0 aromatic heterocycles. The lowest BCUT2D eigenvalue weighted by Crippen LogP contribution is -2.65. The van der Waals surface area contributed by atoms with Gasteiger partial charge in [-0.25, -0.2) is 9.59 Å². The number of hydrogen-bond donors (Lipinski definition) is 1. The van der Waals surface area contributed by atoms with E-state index in [1.54, 1.807) is 4.90 Å². The number of carbonyl (C=O) groups excluding carboxylic acids is 2. The predicted octanol–water partition coefficient (Wildman–Crippen LogP) is 3.46. The van der Waals surface area contributed by atoms with Crippen LogP contribution in [0.15, 0.2) is 40.8 Å². The van der Waals surface area contributed by atoms with Gasteiger partial charge in [0.25, 0.3) is 0 Å². The van der Waals surface area contributed by atoms with Gasteiger partial charge in [0, 0.05) is 13.0 Å². The second-order valence-corrected chi connectivity index (χ2v) is 7.62. The molecule has 0 unspecified atom stereocenters. The molecule has 11 heteroatoms. The summed E-state index contributed by atoms with van der Waals surface area (Å²) in [5, 5.41) is 7.13. The van der Waals surface area contributed by atoms with Crippen LogP contribution in [0.5, 0.6) is 5.75 Å². The highest BCUT2D eigenvalue weighted by atomic mass is 19.4. The fraction of sp³-hybridized carbons (Fsp3) is 0.476. The zero-order chi connectivity index (χ0) is 23.1. The Balaban J connectivity index is 2.02. The monoisotopic (exact) mass is 452 g/mol. The minimum absolute atomic E-state index is 0.131. The Bertz CT molecular complexity index is 990. The molecule has 1 N–H and O–H groups in total. The Kier molecular flexibility index (Phi) is 5.51. The normalized spacial score (nSPS) is 23.2. The summed E-state index contributed by atoms with van der Waals surface area (Å²) in [5.41, 5.74) is -4.17. The van der Waals surface area contributed by atoms with E-state index in [-0.39, 0.29) is 18.0 Å². The van der Waals surface area contributed by atoms with Gasteiger partial charge in [-0.3, -0.25) is 0 Å². The summed E-state index contributed by atoms with van der Waals surface area (Å²) in [4.78, 5) is 27.6. The molecule has 1 aromatic carbocycles. The quantitative estimate of drug-likeness (QED) is 0.708. The summed E-state index contributed by atoms with van der Waals surface area (Å²) >= 11 is 0. The van der Waals surface area contributed by atoms with Crippen LogP contribution in [0.2, 0.25) is 0 Å². The number of nitrogens with zero attached hydrogens (tertiary/aromatic N) is 3. The molecule has 2 amide bonds. The Labute approximate surface area is 182 Å². The van der Waals surface area contributed by atoms with Gasteiger partial charge in [-0.1, -0.05) is 18.6 Å². The maximum absolute atomic E-state index is 14.9. The molecular weight excluding hydrogens is 429 g/mol. The summed E-state index contributed by atoms with van der Waals surface area (Å²) < 4.78 is 54.8. The Morgan fingerprint density at radius 3 is 2.56 bits per heavy atom. The molecular formula is C21H23F3N4O4. The highest BCUT2D eigenvalue weighted by molar-refractivity contribution is 6.00. The summed E-state index contributed by atoms with van der Waals surface area (Å²) in [5.74, 6) is -0.570. The highest BCUT2D eigenvalue weighted by Gasteiger charge is 2.67. The largest absolute Gasteiger partial charge is 0.497 e. The van der Waals surface area contributed by atoms with Crippen molar-refractivity contribution < 1.29 is 32.2 Å². The summed E-state index contributed by atoms with van der Waals surface area (Å²) in [7, 11) is 1.39. The number of nitrogens with one attached hydrogen (secondary N) is 1. The molecule has 3 aliphatic heterocycles. The lowest BCUT2D eigenvalue weighted by Gasteiger charge is -2.43. The second-order valence-electron chi connectivity index (χ2n) is 7.62. The maximum Gasteiger partial charge on any atom is 0.420 e. The van der Waals surface area contributed by atoms with E-state index >= 15 is 0 Å². The van der Waals surface area contributed by atoms with E-state index in [9.17, 15) is 22.8 Å². The van der Waals surface area contributed by atoms with E-state index in [2.05, 4.69) is 5.10 Å². The van der Waals surface area contributed by atoms with Crippen LogP contribution in [0.3, 0.4) is 0 Å². The molecule has 8 nitrogen and oxygen atoms in total. The lowest BCUT2D eigenvalue weighted by molar-refractivity contribution is -0.192. The molecule has 32 heavy (non-hydrogen) atoms. The van der Waals surface area contributed by atoms with Crippen molar-refractivity contribution >= 4 is 17.8 Å². The maximum atomic E-state index is 14.9. The van der Waals surface area contributed by atoms with Gasteiger partial charge in [0.05, 0.1) is 13.7 Å². The van der Waals surface area contributed by atoms with Crippen LogP contribution in [-0.4, -0.2) is 54.2 Å². The number of ether oxygens (including phenoxy) is 2. The summed E-state index contributed by atoms with van der Waals surface area (Å²) in [6.07, 6.45) is -2.23. The molecule has 0 radical (unpaired) electrons. The first-order valence-electron chi connectivity index (χ1n) is 10.3. The average Bonchev–Trinajstić information content (AvgIpc) is 2.95. The van der Waals surface area contributed by atoms with Gasteiger partial charge in [-0.15, -0.1) is 5.10 Å². The number of halogens is 3. The van der Waals surface area contributed by atoms with Gasteiger partial charge in [-0.05, 0) is 37.5 Å². The predicted molar refractivity (Wildman–Crippen MR) is 107 cm³/mol. The standard InChI is InChI=1S/C21H23F3N4O4/c1-3-32-18(29)16-17-27-12-6-4-5-7-15(27)26-28(17)19(30)25-20(16,21(22,23)24)13-8-10-14(31-2)11-9-13/h8-11H,3-7,12H2,1-2H3,(H,25,30)/t20-/m1/s1. The molecule has 1 atom stereocenters. The molecule has 1 saturated heterocycles. The highest BCUT2D eigenvalue weighted by Crippen LogP contribution is 2.50. The van der Waals surface area contributed by atoms with Crippen LogP contribution >= 0.6 is 0 Å². The number of hydrazone groups is 1. The molecule has 1 fully saturated rings. The third kappa shape index (κ3) is 3.26. The molecule has 0 saturated carbocycles. The average molecular weight is 452 g/mol. The van der Waals surface area contributed by atoms with Crippen LogP contribution in [-0.2, 0) is 15.1 Å². The lowest BCUT2D eigenvalue weighted by atomic mass is 9.79. The van der Waals surface area contributed by atoms with Crippen LogP contribution < -0.4 is 10.1 Å². The van der Waals surface area contributed by atoms with Crippen molar-refractivity contribution in [2.24, 2.45) is 5.10 Å². The van der Waals surface area contributed by atoms with Gasteiger partial charge in [0.2, 0.25) is 0 Å². The zero-order valence-corrected chi connectivity index (χ0v) is 17.7. The number of amidine groups is 1. The topological polar surface area (TPSA) is 83.5 Å². The van der Waals surface area contributed by atoms with Gasteiger partial charge < -0.3 is 19.7 Å². The first kappa shape index (κ1) is 22.0. The second kappa shape index (κ2) is 8.03. The minimum atomic E-state index is -5.06. The number of hydrogen-bond acceptors (Lipinski definition) is 6. The number of carbonyl (C=O) groups is 2. The molecule has 0 bridgehead atoms. The van der Waals surface area contributed by atoms with Crippen molar-refractivity contribution in [2.45, 2.75) is 44.3 Å². The van der Waals surface area contributed by atoms with Crippen molar-refractivity contribution in [1.82, 2.24) is 15.2 Å². The number of benzene rings is 1. The minimum Gasteiger partial charge on any atom is -0.497 e.